The highest BCUT2D eigenvalue weighted by molar-refractivity contribution is 6.01. The lowest BCUT2D eigenvalue weighted by Gasteiger charge is -2.31. The van der Waals surface area contributed by atoms with Crippen molar-refractivity contribution in [2.24, 2.45) is 0 Å². The highest BCUT2D eigenvalue weighted by Gasteiger charge is 2.29. The fourth-order valence-electron chi connectivity index (χ4n) is 4.08. The maximum Gasteiger partial charge on any atom is 0.274 e. The Morgan fingerprint density at radius 3 is 2.50 bits per heavy atom. The van der Waals surface area contributed by atoms with Crippen LogP contribution in [0.2, 0.25) is 0 Å². The number of aromatic nitrogens is 2. The average molecular weight is 470 g/mol. The number of phenols is 2. The van der Waals surface area contributed by atoms with Crippen LogP contribution in [-0.2, 0) is 6.54 Å². The highest BCUT2D eigenvalue weighted by atomic mass is 16.5. The number of carbonyl (C=O) groups is 1. The summed E-state index contributed by atoms with van der Waals surface area (Å²) in [6, 6.07) is 4.68. The molecule has 4 rings (SSSR count). The number of nitrogens with zero attached hydrogens (tertiary/aromatic N) is 4. The molecule has 1 aromatic carbocycles. The van der Waals surface area contributed by atoms with Gasteiger partial charge in [0, 0.05) is 51.4 Å². The lowest BCUT2D eigenvalue weighted by Crippen LogP contribution is -2.43. The van der Waals surface area contributed by atoms with E-state index in [-0.39, 0.29) is 28.9 Å². The Morgan fingerprint density at radius 1 is 1.09 bits per heavy atom. The molecular weight excluding hydrogens is 438 g/mol. The number of carbonyl (C=O) groups excluding carboxylic acids is 1. The van der Waals surface area contributed by atoms with Gasteiger partial charge in [0.1, 0.15) is 17.1 Å². The molecule has 1 amide bonds. The predicted molar refractivity (Wildman–Crippen MR) is 126 cm³/mol. The van der Waals surface area contributed by atoms with Crippen molar-refractivity contribution in [2.45, 2.75) is 33.2 Å². The molecule has 10 nitrogen and oxygen atoms in total. The molecule has 0 radical (unpaired) electrons. The largest absolute Gasteiger partial charge is 0.508 e. The van der Waals surface area contributed by atoms with E-state index in [0.29, 0.717) is 35.5 Å². The third-order valence-electron chi connectivity index (χ3n) is 6.04. The van der Waals surface area contributed by atoms with Crippen LogP contribution < -0.4 is 5.32 Å². The standard InChI is InChI=1S/C24H31N5O5/c1-5-25-24(32)22-21(20-10-15(26-33-20)13-29-8-6-28(4)7-9-29)23(34-27-22)17-11-16(14(2)3)18(30)12-19(17)31/h10-12,14,30-31H,5-9,13H2,1-4H3,(H,25,32). The zero-order valence-corrected chi connectivity index (χ0v) is 20.0. The van der Waals surface area contributed by atoms with Gasteiger partial charge in [0.05, 0.1) is 11.3 Å². The minimum absolute atomic E-state index is 0.00551. The molecular formula is C24H31N5O5. The number of hydrogen-bond donors (Lipinski definition) is 3. The van der Waals surface area contributed by atoms with Crippen molar-refractivity contribution >= 4 is 5.91 Å². The van der Waals surface area contributed by atoms with Gasteiger partial charge in [-0.2, -0.15) is 0 Å². The molecule has 3 N–H and O–H groups in total. The summed E-state index contributed by atoms with van der Waals surface area (Å²) < 4.78 is 11.2. The second-order valence-corrected chi connectivity index (χ2v) is 8.94. The lowest BCUT2D eigenvalue weighted by molar-refractivity contribution is 0.0947. The van der Waals surface area contributed by atoms with Crippen LogP contribution in [-0.4, -0.2) is 76.0 Å². The lowest BCUT2D eigenvalue weighted by atomic mass is 9.95. The predicted octanol–water partition coefficient (Wildman–Crippen LogP) is 3.03. The number of phenolic OH excluding ortho intramolecular Hbond substituents is 2. The SMILES string of the molecule is CCNC(=O)c1noc(-c2cc(C(C)C)c(O)cc2O)c1-c1cc(CN2CCN(C)CC2)no1. The van der Waals surface area contributed by atoms with Crippen LogP contribution >= 0.6 is 0 Å². The number of hydrogen-bond acceptors (Lipinski definition) is 9. The second kappa shape index (κ2) is 9.86. The maximum absolute atomic E-state index is 12.7. The topological polar surface area (TPSA) is 128 Å². The molecule has 1 aliphatic heterocycles. The van der Waals surface area contributed by atoms with E-state index in [1.807, 2.05) is 20.8 Å². The number of amides is 1. The fraction of sp³-hybridized carbons (Fsp3) is 0.458. The van der Waals surface area contributed by atoms with Crippen LogP contribution in [0.4, 0.5) is 0 Å². The molecule has 0 unspecified atom stereocenters. The fourth-order valence-corrected chi connectivity index (χ4v) is 4.08. The summed E-state index contributed by atoms with van der Waals surface area (Å²) in [7, 11) is 2.10. The maximum atomic E-state index is 12.7. The summed E-state index contributed by atoms with van der Waals surface area (Å²) in [6.07, 6.45) is 0. The van der Waals surface area contributed by atoms with E-state index in [0.717, 1.165) is 31.9 Å². The molecule has 10 heteroatoms. The van der Waals surface area contributed by atoms with Crippen LogP contribution in [0.3, 0.4) is 0 Å². The van der Waals surface area contributed by atoms with Crippen LogP contribution in [0.15, 0.2) is 27.2 Å². The molecule has 0 saturated carbocycles. The van der Waals surface area contributed by atoms with E-state index in [9.17, 15) is 15.0 Å². The van der Waals surface area contributed by atoms with E-state index < -0.39 is 5.91 Å². The average Bonchev–Trinajstić information content (AvgIpc) is 3.42. The second-order valence-electron chi connectivity index (χ2n) is 8.94. The Kier molecular flexibility index (Phi) is 6.90. The molecule has 3 heterocycles. The van der Waals surface area contributed by atoms with Gasteiger partial charge in [-0.3, -0.25) is 9.69 Å². The van der Waals surface area contributed by atoms with Crippen LogP contribution in [0, 0.1) is 0 Å². The number of likely N-dealkylation sites (N-methyl/N-ethyl adjacent to an activating group) is 1. The number of piperazine rings is 1. The number of nitrogens with one attached hydrogen (secondary N) is 1. The van der Waals surface area contributed by atoms with Crippen LogP contribution in [0.1, 0.15) is 48.4 Å². The molecule has 1 aliphatic rings. The first-order valence-corrected chi connectivity index (χ1v) is 11.5. The zero-order chi connectivity index (χ0) is 24.4. The van der Waals surface area contributed by atoms with Crippen molar-refractivity contribution in [2.75, 3.05) is 39.8 Å². The third-order valence-corrected chi connectivity index (χ3v) is 6.04. The Hall–Kier alpha value is -3.37. The van der Waals surface area contributed by atoms with Gasteiger partial charge < -0.3 is 29.5 Å². The van der Waals surface area contributed by atoms with Crippen LogP contribution in [0.25, 0.3) is 22.6 Å². The van der Waals surface area contributed by atoms with Gasteiger partial charge in [0.15, 0.2) is 17.2 Å². The molecule has 1 saturated heterocycles. The van der Waals surface area contributed by atoms with Crippen molar-refractivity contribution in [1.82, 2.24) is 25.4 Å². The van der Waals surface area contributed by atoms with Crippen molar-refractivity contribution in [3.05, 3.63) is 35.2 Å². The van der Waals surface area contributed by atoms with E-state index in [1.165, 1.54) is 6.07 Å². The minimum atomic E-state index is -0.424. The molecule has 182 valence electrons. The Bertz CT molecular complexity index is 1160. The van der Waals surface area contributed by atoms with Gasteiger partial charge in [0.2, 0.25) is 0 Å². The summed E-state index contributed by atoms with van der Waals surface area (Å²) in [6.45, 7) is 10.5. The van der Waals surface area contributed by atoms with Gasteiger partial charge in [-0.15, -0.1) is 0 Å². The van der Waals surface area contributed by atoms with E-state index >= 15 is 0 Å². The van der Waals surface area contributed by atoms with Gasteiger partial charge >= 0.3 is 0 Å². The molecule has 2 aromatic heterocycles. The van der Waals surface area contributed by atoms with E-state index in [1.54, 1.807) is 12.1 Å². The summed E-state index contributed by atoms with van der Waals surface area (Å²) >= 11 is 0. The molecule has 1 fully saturated rings. The molecule has 0 bridgehead atoms. The highest BCUT2D eigenvalue weighted by Crippen LogP contribution is 2.43. The summed E-state index contributed by atoms with van der Waals surface area (Å²) in [4.78, 5) is 17.3. The number of benzene rings is 1. The zero-order valence-electron chi connectivity index (χ0n) is 20.0. The molecule has 3 aromatic rings. The first-order chi connectivity index (χ1) is 16.3. The van der Waals surface area contributed by atoms with Crippen molar-refractivity contribution in [3.8, 4) is 34.1 Å². The first-order valence-electron chi connectivity index (χ1n) is 11.5. The van der Waals surface area contributed by atoms with Gasteiger partial charge in [-0.25, -0.2) is 0 Å². The van der Waals surface area contributed by atoms with E-state index in [4.69, 9.17) is 9.05 Å². The number of rotatable bonds is 7. The Labute approximate surface area is 198 Å². The smallest absolute Gasteiger partial charge is 0.274 e. The third kappa shape index (κ3) is 4.78. The Balaban J connectivity index is 1.75. The van der Waals surface area contributed by atoms with E-state index in [2.05, 4.69) is 32.5 Å². The minimum Gasteiger partial charge on any atom is -0.508 e. The molecule has 0 spiro atoms. The number of aromatic hydroxyl groups is 2. The van der Waals surface area contributed by atoms with Gasteiger partial charge in [0.25, 0.3) is 5.91 Å². The normalized spacial score (nSPS) is 15.2. The summed E-state index contributed by atoms with van der Waals surface area (Å²) in [5, 5.41) is 31.8. The first kappa shape index (κ1) is 23.8. The van der Waals surface area contributed by atoms with Crippen molar-refractivity contribution in [1.29, 1.82) is 0 Å². The molecule has 34 heavy (non-hydrogen) atoms. The van der Waals surface area contributed by atoms with Gasteiger partial charge in [-0.1, -0.05) is 24.2 Å². The quantitative estimate of drug-likeness (QED) is 0.478. The van der Waals surface area contributed by atoms with Crippen molar-refractivity contribution < 1.29 is 24.1 Å². The molecule has 0 atom stereocenters. The van der Waals surface area contributed by atoms with Crippen LogP contribution in [0.5, 0.6) is 11.5 Å². The Morgan fingerprint density at radius 2 is 1.82 bits per heavy atom. The van der Waals surface area contributed by atoms with Crippen molar-refractivity contribution in [3.63, 3.8) is 0 Å². The van der Waals surface area contributed by atoms with Gasteiger partial charge in [-0.05, 0) is 31.5 Å². The monoisotopic (exact) mass is 469 g/mol. The summed E-state index contributed by atoms with van der Waals surface area (Å²) in [5.41, 5.74) is 2.00. The summed E-state index contributed by atoms with van der Waals surface area (Å²) in [5.74, 6) is -0.154. The molecule has 0 aliphatic carbocycles.